The van der Waals surface area contributed by atoms with Gasteiger partial charge in [-0.2, -0.15) is 0 Å². The van der Waals surface area contributed by atoms with Gasteiger partial charge in [-0.1, -0.05) is 86.5 Å². The molecule has 1 nitrogen and oxygen atoms in total. The maximum atomic E-state index is 3.76. The third-order valence-corrected chi connectivity index (χ3v) is 4.62. The summed E-state index contributed by atoms with van der Waals surface area (Å²) < 4.78 is 1.22. The van der Waals surface area contributed by atoms with E-state index in [4.69, 9.17) is 0 Å². The second-order valence-electron chi connectivity index (χ2n) is 5.66. The van der Waals surface area contributed by atoms with E-state index in [1.165, 1.54) is 61.4 Å². The summed E-state index contributed by atoms with van der Waals surface area (Å²) in [6.07, 6.45) is 10.7. The lowest BCUT2D eigenvalue weighted by atomic mass is 10.0. The number of halogens is 1. The molecule has 1 aromatic rings. The molecule has 0 aromatic heterocycles. The van der Waals surface area contributed by atoms with E-state index in [0.29, 0.717) is 6.04 Å². The zero-order valence-corrected chi connectivity index (χ0v) is 14.7. The lowest BCUT2D eigenvalue weighted by molar-refractivity contribution is 0.417. The number of unbranched alkanes of at least 4 members (excludes halogenated alkanes) is 4. The average Bonchev–Trinajstić information content (AvgIpc) is 2.46. The first-order valence-corrected chi connectivity index (χ1v) is 9.04. The first-order chi connectivity index (χ1) is 9.77. The van der Waals surface area contributed by atoms with E-state index in [1.54, 1.807) is 0 Å². The van der Waals surface area contributed by atoms with Gasteiger partial charge in [-0.05, 0) is 24.5 Å². The van der Waals surface area contributed by atoms with Gasteiger partial charge < -0.3 is 5.32 Å². The van der Waals surface area contributed by atoms with Gasteiger partial charge in [-0.25, -0.2) is 0 Å². The molecule has 0 fully saturated rings. The normalized spacial score (nSPS) is 11.2. The smallest absolute Gasteiger partial charge is 0.0220 e. The third kappa shape index (κ3) is 7.44. The Bertz CT molecular complexity index is 341. The van der Waals surface area contributed by atoms with Crippen LogP contribution in [0.3, 0.4) is 0 Å². The minimum atomic E-state index is 0.681. The molecule has 0 bridgehead atoms. The van der Waals surface area contributed by atoms with Crippen molar-refractivity contribution in [2.45, 2.75) is 77.8 Å². The molecule has 0 radical (unpaired) electrons. The molecule has 0 saturated carbocycles. The number of benzene rings is 1. The summed E-state index contributed by atoms with van der Waals surface area (Å²) in [5.41, 5.74) is 1.36. The molecule has 20 heavy (non-hydrogen) atoms. The summed E-state index contributed by atoms with van der Waals surface area (Å²) in [6.45, 7) is 5.53. The molecule has 0 atom stereocenters. The van der Waals surface area contributed by atoms with Crippen molar-refractivity contribution in [3.63, 3.8) is 0 Å². The predicted octanol–water partition coefficient (Wildman–Crippen LogP) is 6.07. The molecule has 1 N–H and O–H groups in total. The minimum absolute atomic E-state index is 0.681. The van der Waals surface area contributed by atoms with Crippen molar-refractivity contribution in [3.05, 3.63) is 34.3 Å². The highest BCUT2D eigenvalue weighted by molar-refractivity contribution is 9.10. The van der Waals surface area contributed by atoms with E-state index in [2.05, 4.69) is 59.4 Å². The molecule has 0 aliphatic heterocycles. The molecule has 1 aromatic carbocycles. The molecule has 0 spiro atoms. The van der Waals surface area contributed by atoms with Crippen LogP contribution in [0.5, 0.6) is 0 Å². The lowest BCUT2D eigenvalue weighted by Gasteiger charge is -2.19. The highest BCUT2D eigenvalue weighted by Crippen LogP contribution is 2.17. The van der Waals surface area contributed by atoms with Crippen molar-refractivity contribution in [1.29, 1.82) is 0 Å². The summed E-state index contributed by atoms with van der Waals surface area (Å²) in [4.78, 5) is 0. The lowest BCUT2D eigenvalue weighted by Crippen LogP contribution is -2.28. The zero-order chi connectivity index (χ0) is 14.6. The topological polar surface area (TPSA) is 12.0 Å². The molecule has 1 rings (SSSR count). The molecular weight excluding hydrogens is 310 g/mol. The van der Waals surface area contributed by atoms with Crippen LogP contribution in [-0.4, -0.2) is 6.04 Å². The van der Waals surface area contributed by atoms with Gasteiger partial charge in [0.2, 0.25) is 0 Å². The van der Waals surface area contributed by atoms with Crippen LogP contribution in [0.15, 0.2) is 28.7 Å². The van der Waals surface area contributed by atoms with E-state index >= 15 is 0 Å². The average molecular weight is 340 g/mol. The van der Waals surface area contributed by atoms with Crippen LogP contribution in [0.25, 0.3) is 0 Å². The first-order valence-electron chi connectivity index (χ1n) is 8.24. The Hall–Kier alpha value is -0.340. The Labute approximate surface area is 133 Å². The number of hydrogen-bond donors (Lipinski definition) is 1. The molecular formula is C18H30BrN. The van der Waals surface area contributed by atoms with Gasteiger partial charge in [0.05, 0.1) is 0 Å². The Morgan fingerprint density at radius 3 is 2.10 bits per heavy atom. The van der Waals surface area contributed by atoms with Gasteiger partial charge >= 0.3 is 0 Å². The van der Waals surface area contributed by atoms with Crippen LogP contribution in [0.4, 0.5) is 0 Å². The zero-order valence-electron chi connectivity index (χ0n) is 13.1. The van der Waals surface area contributed by atoms with E-state index < -0.39 is 0 Å². The van der Waals surface area contributed by atoms with E-state index in [0.717, 1.165) is 6.54 Å². The van der Waals surface area contributed by atoms with Crippen molar-refractivity contribution >= 4 is 15.9 Å². The van der Waals surface area contributed by atoms with Crippen LogP contribution in [0.2, 0.25) is 0 Å². The fourth-order valence-electron chi connectivity index (χ4n) is 2.53. The summed E-state index contributed by atoms with van der Waals surface area (Å²) in [6, 6.07) is 9.20. The Morgan fingerprint density at radius 1 is 0.950 bits per heavy atom. The first kappa shape index (κ1) is 17.7. The summed E-state index contributed by atoms with van der Waals surface area (Å²) in [5, 5.41) is 3.76. The maximum absolute atomic E-state index is 3.76. The van der Waals surface area contributed by atoms with Crippen LogP contribution in [0, 0.1) is 0 Å². The largest absolute Gasteiger partial charge is 0.310 e. The van der Waals surface area contributed by atoms with E-state index in [1.807, 2.05) is 0 Å². The monoisotopic (exact) mass is 339 g/mol. The van der Waals surface area contributed by atoms with Gasteiger partial charge in [-0.3, -0.25) is 0 Å². The second kappa shape index (κ2) is 11.3. The Morgan fingerprint density at radius 2 is 1.55 bits per heavy atom. The Balaban J connectivity index is 2.39. The molecule has 0 heterocycles. The van der Waals surface area contributed by atoms with Crippen LogP contribution in [0.1, 0.15) is 70.8 Å². The molecule has 0 amide bonds. The Kier molecular flexibility index (Phi) is 10.0. The van der Waals surface area contributed by atoms with Crippen molar-refractivity contribution in [3.8, 4) is 0 Å². The summed E-state index contributed by atoms with van der Waals surface area (Å²) in [7, 11) is 0. The minimum Gasteiger partial charge on any atom is -0.310 e. The molecule has 2 heteroatoms. The van der Waals surface area contributed by atoms with Gasteiger partial charge in [0.1, 0.15) is 0 Å². The molecule has 0 aliphatic carbocycles. The standard InChI is InChI=1S/C18H30BrN/c1-3-5-7-12-17(13-8-6-4-2)20-15-16-11-9-10-14-18(16)19/h9-11,14,17,20H,3-8,12-13,15H2,1-2H3. The summed E-state index contributed by atoms with van der Waals surface area (Å²) in [5.74, 6) is 0. The van der Waals surface area contributed by atoms with Gasteiger partial charge in [-0.15, -0.1) is 0 Å². The molecule has 114 valence electrons. The van der Waals surface area contributed by atoms with Crippen molar-refractivity contribution in [1.82, 2.24) is 5.32 Å². The van der Waals surface area contributed by atoms with Crippen LogP contribution in [-0.2, 0) is 6.54 Å². The molecule has 0 unspecified atom stereocenters. The van der Waals surface area contributed by atoms with Crippen LogP contribution < -0.4 is 5.32 Å². The summed E-state index contributed by atoms with van der Waals surface area (Å²) >= 11 is 3.63. The highest BCUT2D eigenvalue weighted by Gasteiger charge is 2.08. The highest BCUT2D eigenvalue weighted by atomic mass is 79.9. The quantitative estimate of drug-likeness (QED) is 0.482. The predicted molar refractivity (Wildman–Crippen MR) is 93.1 cm³/mol. The van der Waals surface area contributed by atoms with Gasteiger partial charge in [0.25, 0.3) is 0 Å². The van der Waals surface area contributed by atoms with Crippen molar-refractivity contribution < 1.29 is 0 Å². The molecule has 0 saturated heterocycles. The maximum Gasteiger partial charge on any atom is 0.0220 e. The second-order valence-corrected chi connectivity index (χ2v) is 6.52. The third-order valence-electron chi connectivity index (χ3n) is 3.85. The number of hydrogen-bond acceptors (Lipinski definition) is 1. The van der Waals surface area contributed by atoms with E-state index in [-0.39, 0.29) is 0 Å². The van der Waals surface area contributed by atoms with Crippen molar-refractivity contribution in [2.24, 2.45) is 0 Å². The number of rotatable bonds is 11. The fraction of sp³-hybridized carbons (Fsp3) is 0.667. The number of nitrogens with one attached hydrogen (secondary N) is 1. The SMILES string of the molecule is CCCCCC(CCCCC)NCc1ccccc1Br. The fourth-order valence-corrected chi connectivity index (χ4v) is 2.95. The van der Waals surface area contributed by atoms with E-state index in [9.17, 15) is 0 Å². The van der Waals surface area contributed by atoms with Gasteiger partial charge in [0, 0.05) is 17.1 Å². The van der Waals surface area contributed by atoms with Crippen LogP contribution >= 0.6 is 15.9 Å². The van der Waals surface area contributed by atoms with Gasteiger partial charge in [0.15, 0.2) is 0 Å². The van der Waals surface area contributed by atoms with Crippen molar-refractivity contribution in [2.75, 3.05) is 0 Å². The molecule has 0 aliphatic rings.